The van der Waals surface area contributed by atoms with E-state index in [0.717, 1.165) is 19.6 Å². The van der Waals surface area contributed by atoms with Gasteiger partial charge in [0.1, 0.15) is 0 Å². The van der Waals surface area contributed by atoms with E-state index in [2.05, 4.69) is 18.0 Å². The summed E-state index contributed by atoms with van der Waals surface area (Å²) in [5, 5.41) is 0. The van der Waals surface area contributed by atoms with Gasteiger partial charge in [-0.2, -0.15) is 0 Å². The van der Waals surface area contributed by atoms with Crippen LogP contribution in [0.2, 0.25) is 0 Å². The summed E-state index contributed by atoms with van der Waals surface area (Å²) in [5.74, 6) is 0.605. The van der Waals surface area contributed by atoms with E-state index in [1.165, 1.54) is 11.1 Å². The number of nitrogens with zero attached hydrogens (tertiary/aromatic N) is 1. The normalized spacial score (nSPS) is 17.4. The van der Waals surface area contributed by atoms with E-state index >= 15 is 0 Å². The molecule has 0 amide bonds. The van der Waals surface area contributed by atoms with Crippen molar-refractivity contribution < 1.29 is 4.74 Å². The van der Waals surface area contributed by atoms with E-state index in [9.17, 15) is 0 Å². The number of aromatic nitrogens is 1. The third-order valence-electron chi connectivity index (χ3n) is 2.40. The van der Waals surface area contributed by atoms with Gasteiger partial charge < -0.3 is 4.74 Å². The van der Waals surface area contributed by atoms with Gasteiger partial charge in [-0.3, -0.25) is 4.98 Å². The molecule has 0 atom stereocenters. The van der Waals surface area contributed by atoms with Crippen LogP contribution in [0.15, 0.2) is 18.5 Å². The molecule has 1 aromatic rings. The maximum absolute atomic E-state index is 5.16. The molecule has 2 rings (SSSR count). The lowest BCUT2D eigenvalue weighted by molar-refractivity contribution is 0.00796. The lowest BCUT2D eigenvalue weighted by Crippen LogP contribution is -2.26. The number of rotatable bonds is 2. The second-order valence-corrected chi connectivity index (χ2v) is 3.16. The fraction of sp³-hybridized carbons (Fsp3) is 0.500. The van der Waals surface area contributed by atoms with Crippen LogP contribution in [-0.2, 0) is 11.2 Å². The van der Waals surface area contributed by atoms with Crippen molar-refractivity contribution in [3.8, 4) is 0 Å². The largest absolute Gasteiger partial charge is 0.380 e. The third-order valence-corrected chi connectivity index (χ3v) is 2.40. The Morgan fingerprint density at radius 3 is 3.00 bits per heavy atom. The van der Waals surface area contributed by atoms with E-state index in [0.29, 0.717) is 5.92 Å². The Balaban J connectivity index is 2.27. The standard InChI is InChI=1S/C10H13NO/c1-2-8-3-4-11-5-10(8)9-6-12-7-9/h3-5,9H,2,6-7H2,1H3. The summed E-state index contributed by atoms with van der Waals surface area (Å²) in [6.07, 6.45) is 4.93. The summed E-state index contributed by atoms with van der Waals surface area (Å²) in [6.45, 7) is 3.93. The van der Waals surface area contributed by atoms with E-state index in [1.807, 2.05) is 12.4 Å². The number of pyridine rings is 1. The predicted octanol–water partition coefficient (Wildman–Crippen LogP) is 1.76. The Morgan fingerprint density at radius 1 is 1.58 bits per heavy atom. The number of hydrogen-bond acceptors (Lipinski definition) is 2. The van der Waals surface area contributed by atoms with Crippen LogP contribution in [0.25, 0.3) is 0 Å². The average Bonchev–Trinajstić information content (AvgIpc) is 2.02. The Hall–Kier alpha value is -0.890. The first kappa shape index (κ1) is 7.74. The maximum Gasteiger partial charge on any atom is 0.0557 e. The molecule has 1 aliphatic heterocycles. The Kier molecular flexibility index (Phi) is 2.09. The van der Waals surface area contributed by atoms with Crippen LogP contribution >= 0.6 is 0 Å². The molecule has 0 N–H and O–H groups in total. The number of hydrogen-bond donors (Lipinski definition) is 0. The molecule has 1 aliphatic rings. The maximum atomic E-state index is 5.16. The molecule has 0 radical (unpaired) electrons. The van der Waals surface area contributed by atoms with Gasteiger partial charge in [-0.25, -0.2) is 0 Å². The monoisotopic (exact) mass is 163 g/mol. The molecular formula is C10H13NO. The van der Waals surface area contributed by atoms with Gasteiger partial charge in [0.2, 0.25) is 0 Å². The van der Waals surface area contributed by atoms with Gasteiger partial charge in [0.05, 0.1) is 13.2 Å². The Bertz CT molecular complexity index is 268. The van der Waals surface area contributed by atoms with E-state index in [1.54, 1.807) is 0 Å². The zero-order chi connectivity index (χ0) is 8.39. The molecule has 0 bridgehead atoms. The minimum Gasteiger partial charge on any atom is -0.380 e. The highest BCUT2D eigenvalue weighted by Crippen LogP contribution is 2.26. The summed E-state index contributed by atoms with van der Waals surface area (Å²) in [6, 6.07) is 2.10. The summed E-state index contributed by atoms with van der Waals surface area (Å²) in [4.78, 5) is 4.14. The van der Waals surface area contributed by atoms with Crippen LogP contribution in [0.1, 0.15) is 24.0 Å². The topological polar surface area (TPSA) is 22.1 Å². The zero-order valence-corrected chi connectivity index (χ0v) is 7.29. The van der Waals surface area contributed by atoms with Crippen molar-refractivity contribution in [2.75, 3.05) is 13.2 Å². The van der Waals surface area contributed by atoms with Gasteiger partial charge in [-0.15, -0.1) is 0 Å². The number of aryl methyl sites for hydroxylation is 1. The Morgan fingerprint density at radius 2 is 2.42 bits per heavy atom. The zero-order valence-electron chi connectivity index (χ0n) is 7.29. The van der Waals surface area contributed by atoms with Crippen LogP contribution in [0.5, 0.6) is 0 Å². The number of ether oxygens (including phenoxy) is 1. The van der Waals surface area contributed by atoms with Crippen molar-refractivity contribution in [2.24, 2.45) is 0 Å². The highest BCUT2D eigenvalue weighted by molar-refractivity contribution is 5.28. The van der Waals surface area contributed by atoms with Gasteiger partial charge in [0.15, 0.2) is 0 Å². The molecule has 0 saturated carbocycles. The molecule has 12 heavy (non-hydrogen) atoms. The smallest absolute Gasteiger partial charge is 0.0557 e. The minimum atomic E-state index is 0.605. The molecule has 0 aromatic carbocycles. The third kappa shape index (κ3) is 1.23. The second kappa shape index (κ2) is 3.23. The predicted molar refractivity (Wildman–Crippen MR) is 47.2 cm³/mol. The fourth-order valence-electron chi connectivity index (χ4n) is 1.54. The van der Waals surface area contributed by atoms with Crippen molar-refractivity contribution >= 4 is 0 Å². The van der Waals surface area contributed by atoms with Crippen molar-refractivity contribution in [2.45, 2.75) is 19.3 Å². The first-order valence-corrected chi connectivity index (χ1v) is 4.42. The Labute approximate surface area is 72.6 Å². The second-order valence-electron chi connectivity index (χ2n) is 3.16. The van der Waals surface area contributed by atoms with Gasteiger partial charge >= 0.3 is 0 Å². The van der Waals surface area contributed by atoms with E-state index < -0.39 is 0 Å². The molecule has 0 spiro atoms. The quantitative estimate of drug-likeness (QED) is 0.662. The van der Waals surface area contributed by atoms with Crippen molar-refractivity contribution in [1.82, 2.24) is 4.98 Å². The SMILES string of the molecule is CCc1ccncc1C1COC1. The van der Waals surface area contributed by atoms with Crippen LogP contribution in [0.3, 0.4) is 0 Å². The molecular weight excluding hydrogens is 150 g/mol. The molecule has 2 nitrogen and oxygen atoms in total. The summed E-state index contributed by atoms with van der Waals surface area (Å²) in [7, 11) is 0. The molecule has 2 heteroatoms. The van der Waals surface area contributed by atoms with Crippen LogP contribution in [0.4, 0.5) is 0 Å². The average molecular weight is 163 g/mol. The lowest BCUT2D eigenvalue weighted by atomic mass is 9.94. The van der Waals surface area contributed by atoms with Crippen molar-refractivity contribution in [1.29, 1.82) is 0 Å². The molecule has 2 heterocycles. The van der Waals surface area contributed by atoms with Gasteiger partial charge in [-0.1, -0.05) is 6.92 Å². The molecule has 0 aliphatic carbocycles. The van der Waals surface area contributed by atoms with Crippen molar-refractivity contribution in [3.05, 3.63) is 29.6 Å². The van der Waals surface area contributed by atoms with Gasteiger partial charge in [-0.05, 0) is 23.6 Å². The molecule has 64 valence electrons. The fourth-order valence-corrected chi connectivity index (χ4v) is 1.54. The summed E-state index contributed by atoms with van der Waals surface area (Å²) in [5.41, 5.74) is 2.80. The first-order chi connectivity index (χ1) is 5.92. The van der Waals surface area contributed by atoms with E-state index in [4.69, 9.17) is 4.74 Å². The molecule has 1 saturated heterocycles. The van der Waals surface area contributed by atoms with Crippen LogP contribution in [-0.4, -0.2) is 18.2 Å². The molecule has 0 unspecified atom stereocenters. The molecule has 1 aromatic heterocycles. The van der Waals surface area contributed by atoms with Gasteiger partial charge in [0, 0.05) is 18.3 Å². The van der Waals surface area contributed by atoms with E-state index in [-0.39, 0.29) is 0 Å². The highest BCUT2D eigenvalue weighted by atomic mass is 16.5. The van der Waals surface area contributed by atoms with Crippen LogP contribution in [0, 0.1) is 0 Å². The lowest BCUT2D eigenvalue weighted by Gasteiger charge is -2.27. The summed E-state index contributed by atoms with van der Waals surface area (Å²) >= 11 is 0. The minimum absolute atomic E-state index is 0.605. The highest BCUT2D eigenvalue weighted by Gasteiger charge is 2.22. The first-order valence-electron chi connectivity index (χ1n) is 4.42. The van der Waals surface area contributed by atoms with Crippen molar-refractivity contribution in [3.63, 3.8) is 0 Å². The van der Waals surface area contributed by atoms with Crippen LogP contribution < -0.4 is 0 Å². The molecule has 1 fully saturated rings. The van der Waals surface area contributed by atoms with Gasteiger partial charge in [0.25, 0.3) is 0 Å². The summed E-state index contributed by atoms with van der Waals surface area (Å²) < 4.78 is 5.16.